The molecule has 3 N–H and O–H groups in total. The van der Waals surface area contributed by atoms with Crippen molar-refractivity contribution in [3.05, 3.63) is 65.9 Å². The van der Waals surface area contributed by atoms with E-state index in [4.69, 9.17) is 22.2 Å². The number of rotatable bonds is 7. The highest BCUT2D eigenvalue weighted by Gasteiger charge is 2.10. The lowest BCUT2D eigenvalue weighted by Crippen LogP contribution is -2.19. The quantitative estimate of drug-likeness (QED) is 0.207. The van der Waals surface area contributed by atoms with Gasteiger partial charge in [0.25, 0.3) is 0 Å². The van der Waals surface area contributed by atoms with Gasteiger partial charge in [-0.25, -0.2) is 4.79 Å². The number of anilines is 3. The average molecular weight is 408 g/mol. The summed E-state index contributed by atoms with van der Waals surface area (Å²) in [5, 5.41) is 18.5. The number of Topliss-reactive ketones (excluding diaryl/α,β-unsaturated/α-hetero) is 1. The smallest absolute Gasteiger partial charge is 0.350 e. The maximum absolute atomic E-state index is 11.7. The lowest BCUT2D eigenvalue weighted by atomic mass is 10.1. The second-order valence-corrected chi connectivity index (χ2v) is 6.20. The number of thiocarbonyl (C=S) groups is 1. The molecule has 0 aliphatic rings. The van der Waals surface area contributed by atoms with E-state index in [1.165, 1.54) is 13.1 Å². The summed E-state index contributed by atoms with van der Waals surface area (Å²) in [6.07, 6.45) is 1.29. The lowest BCUT2D eigenvalue weighted by molar-refractivity contribution is -0.138. The largest absolute Gasteiger partial charge is 0.462 e. The molecule has 7 nitrogen and oxygen atoms in total. The van der Waals surface area contributed by atoms with Crippen molar-refractivity contribution in [3.8, 4) is 6.07 Å². The highest BCUT2D eigenvalue weighted by molar-refractivity contribution is 7.80. The fourth-order valence-electron chi connectivity index (χ4n) is 2.29. The number of ketones is 1. The molecule has 8 heteroatoms. The number of hydrogen-bond donors (Lipinski definition) is 3. The molecule has 0 amide bonds. The van der Waals surface area contributed by atoms with E-state index in [-0.39, 0.29) is 18.0 Å². The fourth-order valence-corrected chi connectivity index (χ4v) is 2.51. The maximum Gasteiger partial charge on any atom is 0.350 e. The second-order valence-electron chi connectivity index (χ2n) is 5.79. The molecule has 0 aromatic heterocycles. The lowest BCUT2D eigenvalue weighted by Gasteiger charge is -2.14. The summed E-state index contributed by atoms with van der Waals surface area (Å²) < 4.78 is 4.83. The number of nitrogens with one attached hydrogen (secondary N) is 3. The zero-order valence-electron chi connectivity index (χ0n) is 16.0. The van der Waals surface area contributed by atoms with Gasteiger partial charge in [-0.2, -0.15) is 5.26 Å². The topological polar surface area (TPSA) is 103 Å². The zero-order chi connectivity index (χ0) is 21.2. The van der Waals surface area contributed by atoms with E-state index >= 15 is 0 Å². The van der Waals surface area contributed by atoms with Crippen molar-refractivity contribution in [2.75, 3.05) is 22.6 Å². The number of hydrogen-bond acceptors (Lipinski definition) is 6. The second kappa shape index (κ2) is 10.6. The molecule has 0 saturated heterocycles. The van der Waals surface area contributed by atoms with Crippen molar-refractivity contribution >= 4 is 46.1 Å². The molecular weight excluding hydrogens is 388 g/mol. The van der Waals surface area contributed by atoms with Crippen molar-refractivity contribution in [3.63, 3.8) is 0 Å². The van der Waals surface area contributed by atoms with Gasteiger partial charge in [-0.15, -0.1) is 0 Å². The van der Waals surface area contributed by atoms with Gasteiger partial charge in [0.05, 0.1) is 18.0 Å². The maximum atomic E-state index is 11.7. The fraction of sp³-hybridized carbons (Fsp3) is 0.143. The summed E-state index contributed by atoms with van der Waals surface area (Å²) in [7, 11) is 0. The van der Waals surface area contributed by atoms with Crippen LogP contribution in [0.4, 0.5) is 17.1 Å². The Morgan fingerprint density at radius 2 is 1.76 bits per heavy atom. The molecule has 0 aliphatic heterocycles. The third kappa shape index (κ3) is 6.45. The minimum absolute atomic E-state index is 0.00938. The molecule has 0 heterocycles. The minimum atomic E-state index is -0.695. The van der Waals surface area contributed by atoms with E-state index in [2.05, 4.69) is 16.0 Å². The van der Waals surface area contributed by atoms with Crippen LogP contribution in [0.15, 0.2) is 60.3 Å². The third-order valence-corrected chi connectivity index (χ3v) is 3.92. The van der Waals surface area contributed by atoms with Crippen LogP contribution in [0, 0.1) is 11.3 Å². The zero-order valence-corrected chi connectivity index (χ0v) is 16.8. The highest BCUT2D eigenvalue weighted by Crippen LogP contribution is 2.22. The summed E-state index contributed by atoms with van der Waals surface area (Å²) in [6, 6.07) is 15.9. The van der Waals surface area contributed by atoms with Gasteiger partial charge in [0.1, 0.15) is 6.07 Å². The number of ether oxygens (including phenoxy) is 1. The van der Waals surface area contributed by atoms with Crippen molar-refractivity contribution in [1.82, 2.24) is 0 Å². The normalized spacial score (nSPS) is 10.4. The number of para-hydroxylation sites is 2. The summed E-state index contributed by atoms with van der Waals surface area (Å²) in [5.41, 5.74) is 2.45. The predicted octanol–water partition coefficient (Wildman–Crippen LogP) is 4.08. The molecule has 2 aromatic rings. The van der Waals surface area contributed by atoms with E-state index < -0.39 is 5.97 Å². The van der Waals surface area contributed by atoms with Gasteiger partial charge in [-0.05, 0) is 62.5 Å². The first-order chi connectivity index (χ1) is 13.9. The van der Waals surface area contributed by atoms with E-state index in [1.54, 1.807) is 55.5 Å². The first-order valence-corrected chi connectivity index (χ1v) is 9.17. The number of carbonyl (C=O) groups is 2. The van der Waals surface area contributed by atoms with Gasteiger partial charge in [-0.3, -0.25) is 4.79 Å². The number of esters is 1. The Hall–Kier alpha value is -3.70. The molecule has 0 atom stereocenters. The van der Waals surface area contributed by atoms with Gasteiger partial charge in [0, 0.05) is 17.5 Å². The standard InChI is InChI=1S/C21H20N4O3S/c1-3-28-20(27)16(12-22)13-23-18-6-4-5-7-19(18)25-21(29)24-17-10-8-15(9-11-17)14(2)26/h4-11,13,23H,3H2,1-2H3,(H2,24,25,29)/b16-13-. The van der Waals surface area contributed by atoms with Gasteiger partial charge < -0.3 is 20.7 Å². The Morgan fingerprint density at radius 3 is 2.34 bits per heavy atom. The Morgan fingerprint density at radius 1 is 1.10 bits per heavy atom. The van der Waals surface area contributed by atoms with Gasteiger partial charge in [-0.1, -0.05) is 12.1 Å². The van der Waals surface area contributed by atoms with E-state index in [9.17, 15) is 9.59 Å². The Balaban J connectivity index is 2.08. The molecule has 0 bridgehead atoms. The van der Waals surface area contributed by atoms with E-state index in [0.717, 1.165) is 5.69 Å². The first-order valence-electron chi connectivity index (χ1n) is 8.76. The predicted molar refractivity (Wildman–Crippen MR) is 117 cm³/mol. The Bertz CT molecular complexity index is 978. The number of carbonyl (C=O) groups excluding carboxylic acids is 2. The summed E-state index contributed by atoms with van der Waals surface area (Å²) >= 11 is 5.34. The molecule has 148 valence electrons. The average Bonchev–Trinajstić information content (AvgIpc) is 2.70. The molecule has 2 rings (SSSR count). The van der Waals surface area contributed by atoms with Crippen LogP contribution in [0.3, 0.4) is 0 Å². The number of benzene rings is 2. The molecule has 0 unspecified atom stereocenters. The van der Waals surface area contributed by atoms with Crippen LogP contribution in [0.25, 0.3) is 0 Å². The molecule has 0 aliphatic carbocycles. The van der Waals surface area contributed by atoms with Gasteiger partial charge in [0.15, 0.2) is 16.5 Å². The van der Waals surface area contributed by atoms with Crippen LogP contribution in [-0.2, 0) is 9.53 Å². The minimum Gasteiger partial charge on any atom is -0.462 e. The van der Waals surface area contributed by atoms with Crippen molar-refractivity contribution < 1.29 is 14.3 Å². The van der Waals surface area contributed by atoms with Crippen LogP contribution in [-0.4, -0.2) is 23.5 Å². The monoisotopic (exact) mass is 408 g/mol. The van der Waals surface area contributed by atoms with Crippen LogP contribution < -0.4 is 16.0 Å². The molecule has 0 saturated carbocycles. The SMILES string of the molecule is CCOC(=O)/C(C#N)=C\Nc1ccccc1NC(=S)Nc1ccc(C(C)=O)cc1. The van der Waals surface area contributed by atoms with Gasteiger partial charge >= 0.3 is 5.97 Å². The number of nitriles is 1. The Labute approximate surface area is 174 Å². The molecule has 0 spiro atoms. The van der Waals surface area contributed by atoms with E-state index in [1.807, 2.05) is 6.07 Å². The van der Waals surface area contributed by atoms with Crippen molar-refractivity contribution in [2.45, 2.75) is 13.8 Å². The third-order valence-electron chi connectivity index (χ3n) is 3.71. The van der Waals surface area contributed by atoms with Crippen LogP contribution in [0.1, 0.15) is 24.2 Å². The van der Waals surface area contributed by atoms with Crippen LogP contribution >= 0.6 is 12.2 Å². The number of nitrogens with zero attached hydrogens (tertiary/aromatic N) is 1. The summed E-state index contributed by atoms with van der Waals surface area (Å²) in [6.45, 7) is 3.36. The first kappa shape index (κ1) is 21.6. The van der Waals surface area contributed by atoms with Crippen LogP contribution in [0.5, 0.6) is 0 Å². The molecule has 0 fully saturated rings. The van der Waals surface area contributed by atoms with Crippen molar-refractivity contribution in [2.24, 2.45) is 0 Å². The molecule has 29 heavy (non-hydrogen) atoms. The Kier molecular flexibility index (Phi) is 7.88. The summed E-state index contributed by atoms with van der Waals surface area (Å²) in [4.78, 5) is 23.1. The van der Waals surface area contributed by atoms with Crippen molar-refractivity contribution in [1.29, 1.82) is 5.26 Å². The molecular formula is C21H20N4O3S. The molecule has 2 aromatic carbocycles. The highest BCUT2D eigenvalue weighted by atomic mass is 32.1. The molecule has 0 radical (unpaired) electrons. The van der Waals surface area contributed by atoms with Crippen LogP contribution in [0.2, 0.25) is 0 Å². The van der Waals surface area contributed by atoms with E-state index in [0.29, 0.717) is 22.1 Å². The van der Waals surface area contributed by atoms with Gasteiger partial charge in [0.2, 0.25) is 0 Å². The summed E-state index contributed by atoms with van der Waals surface area (Å²) in [5.74, 6) is -0.705.